The molecule has 0 radical (unpaired) electrons. The van der Waals surface area contributed by atoms with Crippen molar-refractivity contribution < 1.29 is 4.74 Å². The molecule has 1 unspecified atom stereocenters. The molecule has 0 fully saturated rings. The van der Waals surface area contributed by atoms with Gasteiger partial charge in [-0.15, -0.1) is 0 Å². The maximum atomic E-state index is 5.97. The van der Waals surface area contributed by atoms with Crippen LogP contribution in [-0.2, 0) is 4.74 Å². The van der Waals surface area contributed by atoms with Crippen molar-refractivity contribution >= 4 is 18.0 Å². The largest absolute Gasteiger partial charge is 0.481 e. The third kappa shape index (κ3) is 1.30. The van der Waals surface area contributed by atoms with Crippen molar-refractivity contribution in [2.75, 3.05) is 6.61 Å². The van der Waals surface area contributed by atoms with Crippen LogP contribution in [0, 0.1) is 0 Å². The van der Waals surface area contributed by atoms with E-state index in [2.05, 4.69) is 4.99 Å². The first-order chi connectivity index (χ1) is 5.88. The third-order valence-corrected chi connectivity index (χ3v) is 2.18. The molecule has 1 atom stereocenters. The second kappa shape index (κ2) is 3.15. The number of hydrogen-bond acceptors (Lipinski definition) is 2. The molecule has 1 aromatic rings. The Labute approximate surface area is 75.8 Å². The molecular formula is C9H8ClNO. The van der Waals surface area contributed by atoms with Crippen LogP contribution < -0.4 is 0 Å². The molecule has 2 nitrogen and oxygen atoms in total. The molecule has 62 valence electrons. The Kier molecular flexibility index (Phi) is 2.00. The summed E-state index contributed by atoms with van der Waals surface area (Å²) in [5.74, 6) is 0. The summed E-state index contributed by atoms with van der Waals surface area (Å²) in [7, 11) is 0. The van der Waals surface area contributed by atoms with Crippen LogP contribution in [0.15, 0.2) is 29.3 Å². The van der Waals surface area contributed by atoms with Gasteiger partial charge in [0.05, 0.1) is 0 Å². The quantitative estimate of drug-likeness (QED) is 0.652. The molecule has 0 bridgehead atoms. The predicted octanol–water partition coefficient (Wildman–Crippen LogP) is 2.44. The van der Waals surface area contributed by atoms with Gasteiger partial charge in [-0.25, -0.2) is 4.99 Å². The summed E-state index contributed by atoms with van der Waals surface area (Å²) >= 11 is 5.97. The molecule has 1 aromatic carbocycles. The van der Waals surface area contributed by atoms with E-state index in [-0.39, 0.29) is 6.04 Å². The summed E-state index contributed by atoms with van der Waals surface area (Å²) in [6.45, 7) is 0.601. The van der Waals surface area contributed by atoms with Crippen LogP contribution in [0.25, 0.3) is 0 Å². The molecule has 0 aromatic heterocycles. The van der Waals surface area contributed by atoms with Crippen LogP contribution >= 0.6 is 11.6 Å². The van der Waals surface area contributed by atoms with Crippen LogP contribution in [-0.4, -0.2) is 13.0 Å². The number of nitrogens with zero attached hydrogens (tertiary/aromatic N) is 1. The highest BCUT2D eigenvalue weighted by atomic mass is 35.5. The van der Waals surface area contributed by atoms with E-state index in [1.54, 1.807) is 0 Å². The molecule has 0 amide bonds. The standard InChI is InChI=1S/C9H8ClNO/c10-8-4-2-1-3-7(8)9-5-12-6-11-9/h1-4,6,9H,5H2. The Morgan fingerprint density at radius 3 is 2.92 bits per heavy atom. The molecule has 0 saturated heterocycles. The molecule has 2 rings (SSSR count). The summed E-state index contributed by atoms with van der Waals surface area (Å²) in [5, 5.41) is 0.755. The Bertz CT molecular complexity index is 311. The van der Waals surface area contributed by atoms with Gasteiger partial charge in [-0.05, 0) is 11.6 Å². The van der Waals surface area contributed by atoms with Crippen LogP contribution in [0.1, 0.15) is 11.6 Å². The van der Waals surface area contributed by atoms with Crippen molar-refractivity contribution in [3.05, 3.63) is 34.9 Å². The van der Waals surface area contributed by atoms with Crippen molar-refractivity contribution in [3.8, 4) is 0 Å². The van der Waals surface area contributed by atoms with Gasteiger partial charge in [-0.2, -0.15) is 0 Å². The highest BCUT2D eigenvalue weighted by Crippen LogP contribution is 2.27. The molecule has 0 N–H and O–H groups in total. The first-order valence-electron chi connectivity index (χ1n) is 3.75. The lowest BCUT2D eigenvalue weighted by Crippen LogP contribution is -1.97. The monoisotopic (exact) mass is 181 g/mol. The van der Waals surface area contributed by atoms with Gasteiger partial charge in [0.2, 0.25) is 0 Å². The lowest BCUT2D eigenvalue weighted by molar-refractivity contribution is 0.330. The van der Waals surface area contributed by atoms with Crippen LogP contribution in [0.2, 0.25) is 5.02 Å². The zero-order chi connectivity index (χ0) is 8.39. The van der Waals surface area contributed by atoms with Crippen molar-refractivity contribution in [2.24, 2.45) is 4.99 Å². The number of benzene rings is 1. The smallest absolute Gasteiger partial charge is 0.170 e. The van der Waals surface area contributed by atoms with E-state index in [1.165, 1.54) is 6.40 Å². The molecule has 1 aliphatic heterocycles. The third-order valence-electron chi connectivity index (χ3n) is 1.83. The molecular weight excluding hydrogens is 174 g/mol. The fourth-order valence-corrected chi connectivity index (χ4v) is 1.47. The Hall–Kier alpha value is -1.02. The zero-order valence-electron chi connectivity index (χ0n) is 6.40. The average molecular weight is 182 g/mol. The average Bonchev–Trinajstić information content (AvgIpc) is 2.57. The maximum Gasteiger partial charge on any atom is 0.170 e. The summed E-state index contributed by atoms with van der Waals surface area (Å²) in [4.78, 5) is 4.14. The van der Waals surface area contributed by atoms with Crippen molar-refractivity contribution in [3.63, 3.8) is 0 Å². The van der Waals surface area contributed by atoms with Gasteiger partial charge in [0.25, 0.3) is 0 Å². The lowest BCUT2D eigenvalue weighted by atomic mass is 10.1. The Morgan fingerprint density at radius 1 is 1.42 bits per heavy atom. The van der Waals surface area contributed by atoms with Gasteiger partial charge >= 0.3 is 0 Å². The van der Waals surface area contributed by atoms with E-state index in [4.69, 9.17) is 16.3 Å². The van der Waals surface area contributed by atoms with Crippen molar-refractivity contribution in [1.82, 2.24) is 0 Å². The molecule has 0 saturated carbocycles. The number of halogens is 1. The van der Waals surface area contributed by atoms with Crippen LogP contribution in [0.5, 0.6) is 0 Å². The zero-order valence-corrected chi connectivity index (χ0v) is 7.16. The van der Waals surface area contributed by atoms with E-state index in [0.717, 1.165) is 10.6 Å². The van der Waals surface area contributed by atoms with E-state index in [0.29, 0.717) is 6.61 Å². The first-order valence-corrected chi connectivity index (χ1v) is 4.13. The van der Waals surface area contributed by atoms with Crippen LogP contribution in [0.4, 0.5) is 0 Å². The molecule has 0 spiro atoms. The van der Waals surface area contributed by atoms with Gasteiger partial charge in [-0.1, -0.05) is 29.8 Å². The highest BCUT2D eigenvalue weighted by Gasteiger charge is 2.16. The van der Waals surface area contributed by atoms with Crippen LogP contribution in [0.3, 0.4) is 0 Å². The molecule has 12 heavy (non-hydrogen) atoms. The second-order valence-corrected chi connectivity index (χ2v) is 3.03. The minimum Gasteiger partial charge on any atom is -0.481 e. The molecule has 1 heterocycles. The summed E-state index contributed by atoms with van der Waals surface area (Å²) in [6, 6.07) is 7.78. The Balaban J connectivity index is 2.33. The van der Waals surface area contributed by atoms with Gasteiger partial charge in [0.15, 0.2) is 6.40 Å². The maximum absolute atomic E-state index is 5.97. The van der Waals surface area contributed by atoms with E-state index < -0.39 is 0 Å². The lowest BCUT2D eigenvalue weighted by Gasteiger charge is -2.06. The number of rotatable bonds is 1. The highest BCUT2D eigenvalue weighted by molar-refractivity contribution is 6.31. The fraction of sp³-hybridized carbons (Fsp3) is 0.222. The summed E-state index contributed by atoms with van der Waals surface area (Å²) < 4.78 is 5.02. The van der Waals surface area contributed by atoms with Gasteiger partial charge < -0.3 is 4.74 Å². The van der Waals surface area contributed by atoms with E-state index in [9.17, 15) is 0 Å². The molecule has 0 aliphatic carbocycles. The van der Waals surface area contributed by atoms with Gasteiger partial charge in [-0.3, -0.25) is 0 Å². The predicted molar refractivity (Wildman–Crippen MR) is 48.6 cm³/mol. The topological polar surface area (TPSA) is 21.6 Å². The second-order valence-electron chi connectivity index (χ2n) is 2.63. The van der Waals surface area contributed by atoms with E-state index >= 15 is 0 Å². The normalized spacial score (nSPS) is 20.9. The summed E-state index contributed by atoms with van der Waals surface area (Å²) in [5.41, 5.74) is 1.04. The number of hydrogen-bond donors (Lipinski definition) is 0. The fourth-order valence-electron chi connectivity index (χ4n) is 1.21. The number of aliphatic imine (C=N–C) groups is 1. The van der Waals surface area contributed by atoms with Crippen molar-refractivity contribution in [1.29, 1.82) is 0 Å². The minimum absolute atomic E-state index is 0.0821. The molecule has 3 heteroatoms. The minimum atomic E-state index is 0.0821. The van der Waals surface area contributed by atoms with Crippen molar-refractivity contribution in [2.45, 2.75) is 6.04 Å². The molecule has 1 aliphatic rings. The number of ether oxygens (including phenoxy) is 1. The SMILES string of the molecule is Clc1ccccc1C1COC=N1. The van der Waals surface area contributed by atoms with E-state index in [1.807, 2.05) is 24.3 Å². The summed E-state index contributed by atoms with van der Waals surface area (Å²) in [6.07, 6.45) is 1.48. The van der Waals surface area contributed by atoms with Gasteiger partial charge in [0.1, 0.15) is 12.6 Å². The van der Waals surface area contributed by atoms with Gasteiger partial charge in [0, 0.05) is 5.02 Å². The Morgan fingerprint density at radius 2 is 2.25 bits per heavy atom. The first kappa shape index (κ1) is 7.62.